The highest BCUT2D eigenvalue weighted by atomic mass is 35.5. The molecule has 2 aromatic heterocycles. The number of aryl methyl sites for hydroxylation is 1. The Balaban J connectivity index is 1.70. The van der Waals surface area contributed by atoms with Crippen molar-refractivity contribution in [2.45, 2.75) is 46.3 Å². The van der Waals surface area contributed by atoms with Crippen molar-refractivity contribution in [1.82, 2.24) is 24.4 Å². The number of anilines is 1. The molecule has 0 N–H and O–H groups in total. The van der Waals surface area contributed by atoms with Crippen LogP contribution >= 0.6 is 20.8 Å². The van der Waals surface area contributed by atoms with E-state index in [2.05, 4.69) is 35.7 Å². The van der Waals surface area contributed by atoms with Crippen LogP contribution in [0.3, 0.4) is 0 Å². The molecular formula is C31H32ClN6O3P. The minimum absolute atomic E-state index is 0.0160. The van der Waals surface area contributed by atoms with E-state index < -0.39 is 5.69 Å². The Kier molecular flexibility index (Phi) is 7.27. The molecule has 1 amide bonds. The normalized spacial score (nSPS) is 16.3. The second kappa shape index (κ2) is 10.8. The van der Waals surface area contributed by atoms with Crippen LogP contribution in [-0.2, 0) is 11.4 Å². The summed E-state index contributed by atoms with van der Waals surface area (Å²) in [4.78, 5) is 44.1. The summed E-state index contributed by atoms with van der Waals surface area (Å²) in [5.41, 5.74) is 4.80. The number of carbonyl (C=O) groups is 1. The summed E-state index contributed by atoms with van der Waals surface area (Å²) >= 11 is 7.09. The monoisotopic (exact) mass is 602 g/mol. The molecule has 1 unspecified atom stereocenters. The molecule has 0 bridgehead atoms. The molecule has 2 aliphatic rings. The highest BCUT2D eigenvalue weighted by Gasteiger charge is 2.33. The zero-order valence-corrected chi connectivity index (χ0v) is 25.9. The Morgan fingerprint density at radius 2 is 2.02 bits per heavy atom. The maximum absolute atomic E-state index is 14.2. The van der Waals surface area contributed by atoms with Crippen molar-refractivity contribution in [3.8, 4) is 22.6 Å². The maximum atomic E-state index is 14.2. The predicted octanol–water partition coefficient (Wildman–Crippen LogP) is 4.54. The molecule has 9 nitrogen and oxygen atoms in total. The molecule has 0 spiro atoms. The van der Waals surface area contributed by atoms with Crippen LogP contribution in [-0.4, -0.2) is 56.0 Å². The van der Waals surface area contributed by atoms with Crippen molar-refractivity contribution in [2.75, 3.05) is 24.5 Å². The molecule has 4 aromatic rings. The van der Waals surface area contributed by atoms with E-state index in [-0.39, 0.29) is 17.9 Å². The van der Waals surface area contributed by atoms with Gasteiger partial charge < -0.3 is 14.5 Å². The zero-order valence-electron chi connectivity index (χ0n) is 24.0. The van der Waals surface area contributed by atoms with Gasteiger partial charge in [-0.25, -0.2) is 14.8 Å². The van der Waals surface area contributed by atoms with Gasteiger partial charge in [-0.1, -0.05) is 50.2 Å². The molecule has 0 radical (unpaired) electrons. The number of amides is 1. The fraction of sp³-hybridized carbons (Fsp3) is 0.323. The Bertz CT molecular complexity index is 1840. The van der Waals surface area contributed by atoms with Gasteiger partial charge in [0.1, 0.15) is 24.3 Å². The summed E-state index contributed by atoms with van der Waals surface area (Å²) in [5.74, 6) is 0.921. The van der Waals surface area contributed by atoms with E-state index in [0.717, 1.165) is 27.7 Å². The number of hydrogen-bond donors (Lipinski definition) is 0. The van der Waals surface area contributed by atoms with E-state index in [4.69, 9.17) is 16.3 Å². The smallest absolute Gasteiger partial charge is 0.354 e. The van der Waals surface area contributed by atoms with E-state index >= 15 is 0 Å². The van der Waals surface area contributed by atoms with E-state index in [1.165, 1.54) is 12.4 Å². The number of ether oxygens (including phenoxy) is 1. The van der Waals surface area contributed by atoms with Crippen molar-refractivity contribution in [3.63, 3.8) is 0 Å². The fourth-order valence-electron chi connectivity index (χ4n) is 6.09. The van der Waals surface area contributed by atoms with Crippen molar-refractivity contribution in [2.24, 2.45) is 0 Å². The lowest BCUT2D eigenvalue weighted by atomic mass is 9.94. The van der Waals surface area contributed by atoms with Gasteiger partial charge in [-0.3, -0.25) is 9.36 Å². The van der Waals surface area contributed by atoms with Gasteiger partial charge in [-0.2, -0.15) is 4.98 Å². The van der Waals surface area contributed by atoms with Crippen LogP contribution in [0.5, 0.6) is 5.75 Å². The second-order valence-electron chi connectivity index (χ2n) is 11.1. The molecule has 42 heavy (non-hydrogen) atoms. The third-order valence-corrected chi connectivity index (χ3v) is 8.84. The summed E-state index contributed by atoms with van der Waals surface area (Å²) < 4.78 is 8.08. The number of halogens is 1. The number of rotatable bonds is 4. The van der Waals surface area contributed by atoms with Crippen LogP contribution < -0.4 is 20.6 Å². The van der Waals surface area contributed by atoms with Gasteiger partial charge in [0.2, 0.25) is 5.91 Å². The molecule has 4 heterocycles. The average Bonchev–Trinajstić information content (AvgIpc) is 2.97. The number of aromatic nitrogens is 4. The molecule has 11 heteroatoms. The Morgan fingerprint density at radius 3 is 2.74 bits per heavy atom. The van der Waals surface area contributed by atoms with Crippen molar-refractivity contribution in [3.05, 3.63) is 75.7 Å². The first-order valence-electron chi connectivity index (χ1n) is 13.9. The molecular weight excluding hydrogens is 571 g/mol. The molecule has 1 fully saturated rings. The van der Waals surface area contributed by atoms with Gasteiger partial charge in [-0.15, -0.1) is 9.24 Å². The molecule has 2 aromatic carbocycles. The first-order chi connectivity index (χ1) is 20.1. The van der Waals surface area contributed by atoms with Gasteiger partial charge in [0.15, 0.2) is 5.75 Å². The standard InChI is InChI=1S/C31H32ClN6O3P/c1-6-23(39)36-10-11-37(17(4)13-36)30-20-12-21(32)25-24-19(8-7-9-22(24)42)14-41-29(25)28(20)38(31(40)35-30)27-18(5)33-15-34-26(27)16(2)3/h6-9,12,15-17H,1,10-11,13-14,42H2,2-5H3/t17-/m0/s1. The van der Waals surface area contributed by atoms with Gasteiger partial charge >= 0.3 is 5.69 Å². The third-order valence-electron chi connectivity index (χ3n) is 8.06. The lowest BCUT2D eigenvalue weighted by Gasteiger charge is -2.40. The van der Waals surface area contributed by atoms with Gasteiger partial charge in [0, 0.05) is 42.2 Å². The molecule has 1 saturated heterocycles. The number of fused-ring (bicyclic) bond motifs is 5. The summed E-state index contributed by atoms with van der Waals surface area (Å²) in [6.07, 6.45) is 2.85. The first kappa shape index (κ1) is 28.3. The van der Waals surface area contributed by atoms with Gasteiger partial charge in [0.25, 0.3) is 0 Å². The van der Waals surface area contributed by atoms with E-state index in [1.54, 1.807) is 9.47 Å². The molecule has 2 atom stereocenters. The highest BCUT2D eigenvalue weighted by Crippen LogP contribution is 2.48. The summed E-state index contributed by atoms with van der Waals surface area (Å²) in [5, 5.41) is 2.16. The zero-order chi connectivity index (χ0) is 29.9. The molecule has 0 saturated carbocycles. The highest BCUT2D eigenvalue weighted by molar-refractivity contribution is 7.28. The number of carbonyl (C=O) groups excluding carboxylic acids is 1. The van der Waals surface area contributed by atoms with Crippen LogP contribution in [0.4, 0.5) is 5.82 Å². The summed E-state index contributed by atoms with van der Waals surface area (Å²) in [6, 6.07) is 7.79. The minimum Gasteiger partial charge on any atom is -0.486 e. The van der Waals surface area contributed by atoms with E-state index in [0.29, 0.717) is 65.1 Å². The quantitative estimate of drug-likeness (QED) is 0.250. The van der Waals surface area contributed by atoms with Crippen molar-refractivity contribution in [1.29, 1.82) is 0 Å². The Morgan fingerprint density at radius 1 is 1.24 bits per heavy atom. The lowest BCUT2D eigenvalue weighted by molar-refractivity contribution is -0.126. The van der Waals surface area contributed by atoms with Gasteiger partial charge in [-0.05, 0) is 42.8 Å². The summed E-state index contributed by atoms with van der Waals surface area (Å²) in [7, 11) is 2.79. The topological polar surface area (TPSA) is 93.5 Å². The number of piperazine rings is 1. The number of nitrogens with zero attached hydrogens (tertiary/aromatic N) is 6. The molecule has 0 aliphatic carbocycles. The first-order valence-corrected chi connectivity index (χ1v) is 14.9. The number of benzene rings is 2. The summed E-state index contributed by atoms with van der Waals surface area (Å²) in [6.45, 7) is 13.3. The van der Waals surface area contributed by atoms with Crippen LogP contribution in [0.2, 0.25) is 5.02 Å². The molecule has 216 valence electrons. The van der Waals surface area contributed by atoms with E-state index in [9.17, 15) is 9.59 Å². The average molecular weight is 603 g/mol. The third kappa shape index (κ3) is 4.46. The van der Waals surface area contributed by atoms with Crippen LogP contribution in [0.25, 0.3) is 27.7 Å². The van der Waals surface area contributed by atoms with Gasteiger partial charge in [0.05, 0.1) is 22.1 Å². The SMILES string of the molecule is C=CC(=O)N1CCN(c2nc(=O)n(-c3c(C)ncnc3C(C)C)c3c4c(c(Cl)cc23)-c2c(P)cccc2CO4)[C@@H](C)C1. The molecule has 2 aliphatic heterocycles. The van der Waals surface area contributed by atoms with Crippen molar-refractivity contribution < 1.29 is 9.53 Å². The predicted molar refractivity (Wildman–Crippen MR) is 169 cm³/mol. The molecule has 6 rings (SSSR count). The van der Waals surface area contributed by atoms with Crippen LogP contribution in [0.15, 0.2) is 48.0 Å². The van der Waals surface area contributed by atoms with Crippen LogP contribution in [0, 0.1) is 6.92 Å². The van der Waals surface area contributed by atoms with Crippen LogP contribution in [0.1, 0.15) is 43.6 Å². The fourth-order valence-corrected chi connectivity index (χ4v) is 6.82. The number of hydrogen-bond acceptors (Lipinski definition) is 7. The Hall–Kier alpha value is -3.81. The second-order valence-corrected chi connectivity index (χ2v) is 12.1. The van der Waals surface area contributed by atoms with E-state index in [1.807, 2.05) is 52.0 Å². The minimum atomic E-state index is -0.466. The Labute approximate surface area is 251 Å². The lowest BCUT2D eigenvalue weighted by Crippen LogP contribution is -2.54. The maximum Gasteiger partial charge on any atom is 0.354 e. The van der Waals surface area contributed by atoms with Crippen molar-refractivity contribution >= 4 is 48.8 Å². The largest absolute Gasteiger partial charge is 0.486 e.